The summed E-state index contributed by atoms with van der Waals surface area (Å²) >= 11 is 0. The van der Waals surface area contributed by atoms with Gasteiger partial charge in [-0.05, 0) is 49.1 Å². The number of nitrogens with zero attached hydrogens (tertiary/aromatic N) is 1. The molecular formula is C23H30N2O2. The number of benzene rings is 2. The Morgan fingerprint density at radius 2 is 1.89 bits per heavy atom. The minimum Gasteiger partial charge on any atom is -0.371 e. The summed E-state index contributed by atoms with van der Waals surface area (Å²) in [6.07, 6.45) is 3.24. The van der Waals surface area contributed by atoms with E-state index in [0.29, 0.717) is 0 Å². The molecule has 4 heteroatoms. The summed E-state index contributed by atoms with van der Waals surface area (Å²) in [5.41, 5.74) is 3.25. The zero-order chi connectivity index (χ0) is 18.9. The highest BCUT2D eigenvalue weighted by Gasteiger charge is 2.21. The van der Waals surface area contributed by atoms with Crippen molar-refractivity contribution in [1.29, 1.82) is 0 Å². The zero-order valence-corrected chi connectivity index (χ0v) is 16.2. The molecule has 0 bridgehead atoms. The number of carbonyl (C=O) groups excluding carboxylic acids is 1. The first kappa shape index (κ1) is 19.6. The van der Waals surface area contributed by atoms with E-state index in [-0.39, 0.29) is 12.0 Å². The lowest BCUT2D eigenvalue weighted by Crippen LogP contribution is -2.39. The van der Waals surface area contributed by atoms with E-state index in [1.165, 1.54) is 11.1 Å². The van der Waals surface area contributed by atoms with Gasteiger partial charge in [0.25, 0.3) is 5.91 Å². The Morgan fingerprint density at radius 1 is 1.11 bits per heavy atom. The molecule has 1 atom stereocenters. The van der Waals surface area contributed by atoms with Crippen LogP contribution in [0.25, 0.3) is 0 Å². The lowest BCUT2D eigenvalue weighted by Gasteiger charge is -2.33. The van der Waals surface area contributed by atoms with Gasteiger partial charge >= 0.3 is 0 Å². The molecule has 1 fully saturated rings. The van der Waals surface area contributed by atoms with Crippen molar-refractivity contribution in [2.75, 3.05) is 32.8 Å². The van der Waals surface area contributed by atoms with Gasteiger partial charge in [-0.1, -0.05) is 49.4 Å². The van der Waals surface area contributed by atoms with Crippen LogP contribution in [-0.4, -0.2) is 43.6 Å². The van der Waals surface area contributed by atoms with Crippen LogP contribution in [0.15, 0.2) is 54.6 Å². The predicted molar refractivity (Wildman–Crippen MR) is 109 cm³/mol. The van der Waals surface area contributed by atoms with Gasteiger partial charge in [0, 0.05) is 25.2 Å². The Hall–Kier alpha value is -2.17. The Morgan fingerprint density at radius 3 is 2.63 bits per heavy atom. The summed E-state index contributed by atoms with van der Waals surface area (Å²) in [5, 5.41) is 3.03. The number of carbonyl (C=O) groups is 1. The molecule has 1 amide bonds. The summed E-state index contributed by atoms with van der Waals surface area (Å²) in [6.45, 7) is 6.60. The first-order valence-electron chi connectivity index (χ1n) is 10.0. The second kappa shape index (κ2) is 10.2. The monoisotopic (exact) mass is 366 g/mol. The molecule has 1 heterocycles. The van der Waals surface area contributed by atoms with Crippen LogP contribution in [-0.2, 0) is 11.2 Å². The summed E-state index contributed by atoms with van der Waals surface area (Å²) in [5.74, 6) is 0.0215. The van der Waals surface area contributed by atoms with Crippen molar-refractivity contribution in [1.82, 2.24) is 10.2 Å². The fourth-order valence-corrected chi connectivity index (χ4v) is 3.43. The van der Waals surface area contributed by atoms with Crippen molar-refractivity contribution in [3.05, 3.63) is 71.3 Å². The number of unbranched alkanes of at least 4 members (excludes halogenated alkanes) is 1. The number of rotatable bonds is 8. The number of hydrogen-bond acceptors (Lipinski definition) is 3. The number of hydrogen-bond donors (Lipinski definition) is 1. The zero-order valence-electron chi connectivity index (χ0n) is 16.2. The van der Waals surface area contributed by atoms with Crippen molar-refractivity contribution in [2.45, 2.75) is 32.3 Å². The fraction of sp³-hybridized carbons (Fsp3) is 0.435. The van der Waals surface area contributed by atoms with Gasteiger partial charge in [-0.15, -0.1) is 0 Å². The van der Waals surface area contributed by atoms with Gasteiger partial charge in [0.1, 0.15) is 0 Å². The Labute approximate surface area is 162 Å². The smallest absolute Gasteiger partial charge is 0.251 e. The summed E-state index contributed by atoms with van der Waals surface area (Å²) in [4.78, 5) is 14.6. The van der Waals surface area contributed by atoms with E-state index in [1.807, 2.05) is 30.3 Å². The minimum absolute atomic E-state index is 0.0215. The van der Waals surface area contributed by atoms with Crippen LogP contribution in [0, 0.1) is 0 Å². The number of morpholine rings is 1. The molecule has 1 saturated heterocycles. The molecule has 0 radical (unpaired) electrons. The average molecular weight is 367 g/mol. The Kier molecular flexibility index (Phi) is 7.43. The highest BCUT2D eigenvalue weighted by Crippen LogP contribution is 2.21. The third-order valence-electron chi connectivity index (χ3n) is 5.13. The van der Waals surface area contributed by atoms with Crippen molar-refractivity contribution in [3.63, 3.8) is 0 Å². The van der Waals surface area contributed by atoms with Gasteiger partial charge in [0.15, 0.2) is 0 Å². The Balaban J connectivity index is 1.34. The maximum Gasteiger partial charge on any atom is 0.251 e. The number of ether oxygens (including phenoxy) is 1. The third-order valence-corrected chi connectivity index (χ3v) is 5.13. The molecule has 1 aliphatic heterocycles. The first-order valence-corrected chi connectivity index (χ1v) is 10.0. The van der Waals surface area contributed by atoms with Gasteiger partial charge in [-0.2, -0.15) is 0 Å². The van der Waals surface area contributed by atoms with Crippen molar-refractivity contribution >= 4 is 5.91 Å². The molecule has 0 saturated carbocycles. The topological polar surface area (TPSA) is 41.6 Å². The van der Waals surface area contributed by atoms with Crippen LogP contribution in [0.2, 0.25) is 0 Å². The quantitative estimate of drug-likeness (QED) is 0.722. The standard InChI is InChI=1S/C23H30N2O2/c1-2-19-10-12-21(13-11-19)23(26)24-14-6-7-15-25-16-17-27-22(18-25)20-8-4-3-5-9-20/h3-5,8-13,22H,2,6-7,14-18H2,1H3,(H,24,26)/t22-/m1/s1. The third kappa shape index (κ3) is 5.91. The SMILES string of the molecule is CCc1ccc(C(=O)NCCCCN2CCO[C@@H](c3ccccc3)C2)cc1. The normalized spacial score (nSPS) is 17.6. The van der Waals surface area contributed by atoms with E-state index in [1.54, 1.807) is 0 Å². The van der Waals surface area contributed by atoms with Crippen LogP contribution >= 0.6 is 0 Å². The molecule has 2 aromatic carbocycles. The molecule has 1 aliphatic rings. The molecule has 0 spiro atoms. The van der Waals surface area contributed by atoms with E-state index < -0.39 is 0 Å². The van der Waals surface area contributed by atoms with Crippen molar-refractivity contribution in [2.24, 2.45) is 0 Å². The summed E-state index contributed by atoms with van der Waals surface area (Å²) in [7, 11) is 0. The summed E-state index contributed by atoms with van der Waals surface area (Å²) in [6, 6.07) is 18.3. The van der Waals surface area contributed by atoms with E-state index in [2.05, 4.69) is 41.4 Å². The van der Waals surface area contributed by atoms with Gasteiger partial charge in [-0.25, -0.2) is 0 Å². The van der Waals surface area contributed by atoms with E-state index in [0.717, 1.165) is 57.6 Å². The fourth-order valence-electron chi connectivity index (χ4n) is 3.43. The molecule has 144 valence electrons. The average Bonchev–Trinajstić information content (AvgIpc) is 2.74. The number of nitrogens with one attached hydrogen (secondary N) is 1. The lowest BCUT2D eigenvalue weighted by molar-refractivity contribution is -0.0303. The maximum absolute atomic E-state index is 12.2. The molecule has 0 aliphatic carbocycles. The first-order chi connectivity index (χ1) is 13.3. The van der Waals surface area contributed by atoms with Crippen LogP contribution in [0.5, 0.6) is 0 Å². The van der Waals surface area contributed by atoms with Gasteiger partial charge in [-0.3, -0.25) is 9.69 Å². The Bertz CT molecular complexity index is 700. The number of amides is 1. The largest absolute Gasteiger partial charge is 0.371 e. The van der Waals surface area contributed by atoms with Gasteiger partial charge < -0.3 is 10.1 Å². The van der Waals surface area contributed by atoms with Gasteiger partial charge in [0.05, 0.1) is 12.7 Å². The van der Waals surface area contributed by atoms with E-state index in [4.69, 9.17) is 4.74 Å². The molecule has 3 rings (SSSR count). The van der Waals surface area contributed by atoms with Crippen LogP contribution in [0.1, 0.15) is 47.4 Å². The summed E-state index contributed by atoms with van der Waals surface area (Å²) < 4.78 is 5.92. The number of aryl methyl sites for hydroxylation is 1. The highest BCUT2D eigenvalue weighted by atomic mass is 16.5. The predicted octanol–water partition coefficient (Wildman–Crippen LogP) is 3.83. The second-order valence-corrected chi connectivity index (χ2v) is 7.08. The van der Waals surface area contributed by atoms with Gasteiger partial charge in [0.2, 0.25) is 0 Å². The second-order valence-electron chi connectivity index (χ2n) is 7.08. The molecular weight excluding hydrogens is 336 g/mol. The van der Waals surface area contributed by atoms with Crippen LogP contribution in [0.4, 0.5) is 0 Å². The lowest BCUT2D eigenvalue weighted by atomic mass is 10.1. The van der Waals surface area contributed by atoms with E-state index >= 15 is 0 Å². The minimum atomic E-state index is 0.0215. The highest BCUT2D eigenvalue weighted by molar-refractivity contribution is 5.94. The van der Waals surface area contributed by atoms with Crippen LogP contribution < -0.4 is 5.32 Å². The maximum atomic E-state index is 12.2. The molecule has 0 aromatic heterocycles. The van der Waals surface area contributed by atoms with Crippen molar-refractivity contribution in [3.8, 4) is 0 Å². The molecule has 4 nitrogen and oxygen atoms in total. The van der Waals surface area contributed by atoms with Crippen molar-refractivity contribution < 1.29 is 9.53 Å². The van der Waals surface area contributed by atoms with E-state index in [9.17, 15) is 4.79 Å². The molecule has 27 heavy (non-hydrogen) atoms. The molecule has 0 unspecified atom stereocenters. The molecule has 1 N–H and O–H groups in total. The molecule has 2 aromatic rings. The van der Waals surface area contributed by atoms with Crippen LogP contribution in [0.3, 0.4) is 0 Å².